The lowest BCUT2D eigenvalue weighted by Gasteiger charge is -2.07. The number of nitrogens with one attached hydrogen (secondary N) is 1. The highest BCUT2D eigenvalue weighted by atomic mass is 32.1. The normalized spacial score (nSPS) is 14.1. The standard InChI is InChI=1S/C15H18N4O2S/c1-9-14(22-10(2)17-9)15(21)16-7-8-19-13(20)6-5-12(18-19)11-3-4-11/h5-6,11H,3-4,7-8H2,1-2H3,(H,16,21). The molecule has 1 N–H and O–H groups in total. The Morgan fingerprint density at radius 2 is 2.18 bits per heavy atom. The molecule has 1 amide bonds. The summed E-state index contributed by atoms with van der Waals surface area (Å²) in [5.41, 5.74) is 1.58. The number of thiazole rings is 1. The van der Waals surface area contributed by atoms with E-state index in [1.165, 1.54) is 16.0 Å². The molecule has 2 aromatic rings. The summed E-state index contributed by atoms with van der Waals surface area (Å²) >= 11 is 1.38. The number of rotatable bonds is 5. The molecule has 0 unspecified atom stereocenters. The van der Waals surface area contributed by atoms with Gasteiger partial charge in [0.2, 0.25) is 0 Å². The minimum Gasteiger partial charge on any atom is -0.349 e. The molecule has 1 saturated carbocycles. The largest absolute Gasteiger partial charge is 0.349 e. The van der Waals surface area contributed by atoms with Gasteiger partial charge in [-0.3, -0.25) is 9.59 Å². The first-order valence-electron chi connectivity index (χ1n) is 7.35. The van der Waals surface area contributed by atoms with Gasteiger partial charge in [-0.15, -0.1) is 11.3 Å². The number of amides is 1. The van der Waals surface area contributed by atoms with Crippen molar-refractivity contribution in [1.29, 1.82) is 0 Å². The van der Waals surface area contributed by atoms with Gasteiger partial charge >= 0.3 is 0 Å². The van der Waals surface area contributed by atoms with Crippen molar-refractivity contribution in [3.63, 3.8) is 0 Å². The fraction of sp³-hybridized carbons (Fsp3) is 0.467. The topological polar surface area (TPSA) is 76.9 Å². The van der Waals surface area contributed by atoms with E-state index < -0.39 is 0 Å². The third-order valence-electron chi connectivity index (χ3n) is 3.60. The van der Waals surface area contributed by atoms with Crippen LogP contribution in [0, 0.1) is 13.8 Å². The van der Waals surface area contributed by atoms with E-state index in [2.05, 4.69) is 15.4 Å². The van der Waals surface area contributed by atoms with E-state index in [1.54, 1.807) is 12.1 Å². The van der Waals surface area contributed by atoms with Crippen LogP contribution < -0.4 is 10.9 Å². The maximum absolute atomic E-state index is 12.1. The average Bonchev–Trinajstić information content (AvgIpc) is 3.26. The molecular formula is C15H18N4O2S. The molecule has 0 bridgehead atoms. The number of hydrogen-bond donors (Lipinski definition) is 1. The van der Waals surface area contributed by atoms with Gasteiger partial charge in [-0.2, -0.15) is 5.10 Å². The minimum atomic E-state index is -0.144. The summed E-state index contributed by atoms with van der Waals surface area (Å²) in [5, 5.41) is 8.07. The highest BCUT2D eigenvalue weighted by Crippen LogP contribution is 2.38. The molecule has 22 heavy (non-hydrogen) atoms. The van der Waals surface area contributed by atoms with E-state index in [0.29, 0.717) is 23.9 Å². The molecule has 1 fully saturated rings. The summed E-state index contributed by atoms with van der Waals surface area (Å²) in [7, 11) is 0. The van der Waals surface area contributed by atoms with E-state index in [9.17, 15) is 9.59 Å². The molecule has 116 valence electrons. The first-order valence-corrected chi connectivity index (χ1v) is 8.16. The highest BCUT2D eigenvalue weighted by Gasteiger charge is 2.25. The summed E-state index contributed by atoms with van der Waals surface area (Å²) in [6.45, 7) is 4.45. The van der Waals surface area contributed by atoms with E-state index in [4.69, 9.17) is 0 Å². The number of carbonyl (C=O) groups is 1. The lowest BCUT2D eigenvalue weighted by molar-refractivity contribution is 0.0955. The maximum atomic E-state index is 12.1. The molecule has 0 spiro atoms. The molecule has 6 nitrogen and oxygen atoms in total. The van der Waals surface area contributed by atoms with Crippen LogP contribution in [0.15, 0.2) is 16.9 Å². The highest BCUT2D eigenvalue weighted by molar-refractivity contribution is 7.13. The van der Waals surface area contributed by atoms with Crippen molar-refractivity contribution in [2.45, 2.75) is 39.2 Å². The molecule has 0 radical (unpaired) electrons. The van der Waals surface area contributed by atoms with Crippen molar-refractivity contribution in [1.82, 2.24) is 20.1 Å². The van der Waals surface area contributed by atoms with Gasteiger partial charge in [0.05, 0.1) is 22.9 Å². The zero-order valence-electron chi connectivity index (χ0n) is 12.6. The fourth-order valence-electron chi connectivity index (χ4n) is 2.32. The van der Waals surface area contributed by atoms with E-state index in [-0.39, 0.29) is 11.5 Å². The van der Waals surface area contributed by atoms with E-state index in [1.807, 2.05) is 13.8 Å². The van der Waals surface area contributed by atoms with Crippen molar-refractivity contribution in [3.05, 3.63) is 43.8 Å². The summed E-state index contributed by atoms with van der Waals surface area (Å²) in [6.07, 6.45) is 2.29. The Balaban J connectivity index is 1.61. The number of hydrogen-bond acceptors (Lipinski definition) is 5. The summed E-state index contributed by atoms with van der Waals surface area (Å²) in [6, 6.07) is 3.36. The second-order valence-corrected chi connectivity index (χ2v) is 6.70. The molecule has 0 aliphatic heterocycles. The van der Waals surface area contributed by atoms with Gasteiger partial charge in [0.25, 0.3) is 11.5 Å². The number of carbonyl (C=O) groups excluding carboxylic acids is 1. The van der Waals surface area contributed by atoms with Gasteiger partial charge in [-0.25, -0.2) is 9.67 Å². The smallest absolute Gasteiger partial charge is 0.266 e. The Labute approximate surface area is 132 Å². The Bertz CT molecular complexity index is 761. The zero-order valence-corrected chi connectivity index (χ0v) is 13.4. The van der Waals surface area contributed by atoms with Gasteiger partial charge in [0.15, 0.2) is 0 Å². The molecule has 1 aliphatic rings. The van der Waals surface area contributed by atoms with Crippen LogP contribution in [0.1, 0.15) is 44.8 Å². The Hall–Kier alpha value is -2.02. The number of aryl methyl sites for hydroxylation is 2. The van der Waals surface area contributed by atoms with Crippen molar-refractivity contribution in [2.75, 3.05) is 6.54 Å². The van der Waals surface area contributed by atoms with Crippen molar-refractivity contribution in [3.8, 4) is 0 Å². The zero-order chi connectivity index (χ0) is 15.7. The number of aromatic nitrogens is 3. The molecular weight excluding hydrogens is 300 g/mol. The lowest BCUT2D eigenvalue weighted by Crippen LogP contribution is -2.32. The minimum absolute atomic E-state index is 0.136. The fourth-order valence-corrected chi connectivity index (χ4v) is 3.16. The second-order valence-electron chi connectivity index (χ2n) is 5.50. The van der Waals surface area contributed by atoms with Gasteiger partial charge in [0, 0.05) is 18.5 Å². The second kappa shape index (κ2) is 6.00. The quantitative estimate of drug-likeness (QED) is 0.909. The average molecular weight is 318 g/mol. The first kappa shape index (κ1) is 14.9. The Kier molecular flexibility index (Phi) is 4.06. The molecule has 7 heteroatoms. The summed E-state index contributed by atoms with van der Waals surface area (Å²) in [5.74, 6) is 0.360. The van der Waals surface area contributed by atoms with Gasteiger partial charge in [-0.05, 0) is 32.8 Å². The van der Waals surface area contributed by atoms with Crippen LogP contribution in [0.4, 0.5) is 0 Å². The lowest BCUT2D eigenvalue weighted by atomic mass is 10.3. The van der Waals surface area contributed by atoms with Crippen LogP contribution in [0.25, 0.3) is 0 Å². The Morgan fingerprint density at radius 3 is 2.82 bits per heavy atom. The SMILES string of the molecule is Cc1nc(C)c(C(=O)NCCn2nc(C3CC3)ccc2=O)s1. The van der Waals surface area contributed by atoms with E-state index in [0.717, 1.165) is 29.2 Å². The molecule has 0 aromatic carbocycles. The maximum Gasteiger partial charge on any atom is 0.266 e. The molecule has 2 aromatic heterocycles. The van der Waals surface area contributed by atoms with E-state index >= 15 is 0 Å². The van der Waals surface area contributed by atoms with Crippen molar-refractivity contribution < 1.29 is 4.79 Å². The van der Waals surface area contributed by atoms with Crippen molar-refractivity contribution >= 4 is 17.2 Å². The predicted molar refractivity (Wildman–Crippen MR) is 84.4 cm³/mol. The van der Waals surface area contributed by atoms with Crippen LogP contribution in [0.2, 0.25) is 0 Å². The van der Waals surface area contributed by atoms with Crippen molar-refractivity contribution in [2.24, 2.45) is 0 Å². The molecule has 2 heterocycles. The molecule has 1 aliphatic carbocycles. The third-order valence-corrected chi connectivity index (χ3v) is 4.67. The molecule has 0 atom stereocenters. The summed E-state index contributed by atoms with van der Waals surface area (Å²) in [4.78, 5) is 28.8. The van der Waals surface area contributed by atoms with Gasteiger partial charge in [0.1, 0.15) is 4.88 Å². The Morgan fingerprint density at radius 1 is 1.41 bits per heavy atom. The third kappa shape index (κ3) is 3.24. The monoisotopic (exact) mass is 318 g/mol. The number of nitrogens with zero attached hydrogens (tertiary/aromatic N) is 3. The van der Waals surface area contributed by atoms with Gasteiger partial charge in [-0.1, -0.05) is 0 Å². The molecule has 0 saturated heterocycles. The first-order chi connectivity index (χ1) is 10.5. The summed E-state index contributed by atoms with van der Waals surface area (Å²) < 4.78 is 1.43. The molecule has 3 rings (SSSR count). The van der Waals surface area contributed by atoms with Crippen LogP contribution in [0.3, 0.4) is 0 Å². The van der Waals surface area contributed by atoms with Gasteiger partial charge < -0.3 is 5.32 Å². The predicted octanol–water partition coefficient (Wildman–Crippen LogP) is 1.62. The van der Waals surface area contributed by atoms with Crippen LogP contribution in [-0.2, 0) is 6.54 Å². The van der Waals surface area contributed by atoms with Crippen LogP contribution in [-0.4, -0.2) is 27.2 Å². The van der Waals surface area contributed by atoms with Crippen LogP contribution in [0.5, 0.6) is 0 Å². The van der Waals surface area contributed by atoms with Crippen LogP contribution >= 0.6 is 11.3 Å².